The lowest BCUT2D eigenvalue weighted by atomic mass is 9.94. The quantitative estimate of drug-likeness (QED) is 0.232. The van der Waals surface area contributed by atoms with Gasteiger partial charge in [-0.1, -0.05) is 84.9 Å². The van der Waals surface area contributed by atoms with Crippen molar-refractivity contribution in [2.45, 2.75) is 25.9 Å². The van der Waals surface area contributed by atoms with Crippen molar-refractivity contribution in [2.24, 2.45) is 5.73 Å². The van der Waals surface area contributed by atoms with E-state index < -0.39 is 0 Å². The smallest absolute Gasteiger partial charge is 0.120 e. The van der Waals surface area contributed by atoms with Crippen molar-refractivity contribution < 1.29 is 4.74 Å². The molecular weight excluding hydrogens is 416 g/mol. The van der Waals surface area contributed by atoms with Crippen LogP contribution in [-0.4, -0.2) is 11.5 Å². The van der Waals surface area contributed by atoms with Crippen LogP contribution in [0.4, 0.5) is 0 Å². The zero-order valence-electron chi connectivity index (χ0n) is 19.3. The molecule has 0 saturated heterocycles. The molecule has 3 nitrogen and oxygen atoms in total. The Bertz CT molecular complexity index is 1360. The van der Waals surface area contributed by atoms with E-state index in [9.17, 15) is 0 Å². The summed E-state index contributed by atoms with van der Waals surface area (Å²) in [4.78, 5) is 3.73. The van der Waals surface area contributed by atoms with Gasteiger partial charge >= 0.3 is 0 Å². The van der Waals surface area contributed by atoms with Gasteiger partial charge in [-0.15, -0.1) is 0 Å². The molecule has 0 radical (unpaired) electrons. The number of hydrogen-bond donors (Lipinski definition) is 2. The number of unbranched alkanes of at least 4 members (excludes halogenated alkanes) is 1. The molecule has 0 aliphatic rings. The molecule has 170 valence electrons. The summed E-state index contributed by atoms with van der Waals surface area (Å²) < 4.78 is 6.15. The second-order valence-corrected chi connectivity index (χ2v) is 8.62. The van der Waals surface area contributed by atoms with Gasteiger partial charge in [0.25, 0.3) is 0 Å². The van der Waals surface area contributed by atoms with Gasteiger partial charge in [0, 0.05) is 16.5 Å². The summed E-state index contributed by atoms with van der Waals surface area (Å²) in [5.41, 5.74) is 14.3. The fourth-order valence-electron chi connectivity index (χ4n) is 4.56. The lowest BCUT2D eigenvalue weighted by Crippen LogP contribution is -1.99. The molecule has 1 aromatic heterocycles. The normalized spacial score (nSPS) is 11.1. The summed E-state index contributed by atoms with van der Waals surface area (Å²) >= 11 is 0. The molecule has 4 aromatic carbocycles. The maximum absolute atomic E-state index is 6.15. The molecule has 0 saturated carbocycles. The van der Waals surface area contributed by atoms with E-state index in [4.69, 9.17) is 10.5 Å². The maximum atomic E-state index is 6.15. The van der Waals surface area contributed by atoms with Gasteiger partial charge < -0.3 is 15.5 Å². The van der Waals surface area contributed by atoms with E-state index in [0.29, 0.717) is 13.2 Å². The lowest BCUT2D eigenvalue weighted by Gasteiger charge is -2.11. The Morgan fingerprint density at radius 3 is 2.18 bits per heavy atom. The molecule has 0 unspecified atom stereocenters. The van der Waals surface area contributed by atoms with Crippen molar-refractivity contribution in [3.05, 3.63) is 114 Å². The van der Waals surface area contributed by atoms with Gasteiger partial charge in [0.2, 0.25) is 0 Å². The first-order chi connectivity index (χ1) is 16.8. The third kappa shape index (κ3) is 4.75. The highest BCUT2D eigenvalue weighted by atomic mass is 16.5. The van der Waals surface area contributed by atoms with Gasteiger partial charge in [0.15, 0.2) is 0 Å². The van der Waals surface area contributed by atoms with Crippen LogP contribution in [0.2, 0.25) is 0 Å². The SMILES string of the molecule is NCCCCc1c(-c2ccccc2-c2ccccc2)[nH]c2ccc(OCc3ccccc3)cc12. The molecule has 0 aliphatic heterocycles. The monoisotopic (exact) mass is 446 g/mol. The zero-order chi connectivity index (χ0) is 23.2. The van der Waals surface area contributed by atoms with E-state index in [1.165, 1.54) is 33.3 Å². The van der Waals surface area contributed by atoms with Crippen LogP contribution in [0, 0.1) is 0 Å². The molecule has 0 amide bonds. The number of benzene rings is 4. The molecule has 0 fully saturated rings. The number of ether oxygens (including phenoxy) is 1. The summed E-state index contributed by atoms with van der Waals surface area (Å²) in [6.45, 7) is 1.27. The summed E-state index contributed by atoms with van der Waals surface area (Å²) in [6.07, 6.45) is 3.04. The topological polar surface area (TPSA) is 51.0 Å². The first-order valence-electron chi connectivity index (χ1n) is 12.0. The number of nitrogens with two attached hydrogens (primary N) is 1. The fraction of sp³-hybridized carbons (Fsp3) is 0.161. The van der Waals surface area contributed by atoms with Gasteiger partial charge in [0.1, 0.15) is 12.4 Å². The van der Waals surface area contributed by atoms with Crippen LogP contribution in [0.25, 0.3) is 33.3 Å². The molecule has 5 aromatic rings. The van der Waals surface area contributed by atoms with Crippen molar-refractivity contribution in [1.29, 1.82) is 0 Å². The van der Waals surface area contributed by atoms with Crippen molar-refractivity contribution in [3.8, 4) is 28.1 Å². The first kappa shape index (κ1) is 22.0. The van der Waals surface area contributed by atoms with Crippen LogP contribution in [0.1, 0.15) is 24.0 Å². The summed E-state index contributed by atoms with van der Waals surface area (Å²) in [5.74, 6) is 0.887. The largest absolute Gasteiger partial charge is 0.489 e. The van der Waals surface area contributed by atoms with Crippen LogP contribution in [0.3, 0.4) is 0 Å². The van der Waals surface area contributed by atoms with Crippen LogP contribution in [-0.2, 0) is 13.0 Å². The summed E-state index contributed by atoms with van der Waals surface area (Å²) in [7, 11) is 0. The van der Waals surface area contributed by atoms with Gasteiger partial charge in [-0.2, -0.15) is 0 Å². The Labute approximate surface area is 201 Å². The number of fused-ring (bicyclic) bond motifs is 1. The minimum atomic E-state index is 0.559. The van der Waals surface area contributed by atoms with Crippen molar-refractivity contribution >= 4 is 10.9 Å². The van der Waals surface area contributed by atoms with Crippen molar-refractivity contribution in [2.75, 3.05) is 6.54 Å². The Kier molecular flexibility index (Phi) is 6.73. The third-order valence-corrected chi connectivity index (χ3v) is 6.29. The number of rotatable bonds is 9. The zero-order valence-corrected chi connectivity index (χ0v) is 19.3. The fourth-order valence-corrected chi connectivity index (χ4v) is 4.56. The Morgan fingerprint density at radius 2 is 1.41 bits per heavy atom. The van der Waals surface area contributed by atoms with E-state index >= 15 is 0 Å². The molecule has 3 N–H and O–H groups in total. The second-order valence-electron chi connectivity index (χ2n) is 8.62. The van der Waals surface area contributed by atoms with Crippen LogP contribution in [0.15, 0.2) is 103 Å². The Balaban J connectivity index is 1.56. The molecule has 1 heterocycles. The highest BCUT2D eigenvalue weighted by Crippen LogP contribution is 2.38. The number of aryl methyl sites for hydroxylation is 1. The van der Waals surface area contributed by atoms with E-state index in [0.717, 1.165) is 36.1 Å². The molecule has 0 bridgehead atoms. The first-order valence-corrected chi connectivity index (χ1v) is 12.0. The molecule has 0 aliphatic carbocycles. The average molecular weight is 447 g/mol. The van der Waals surface area contributed by atoms with Crippen LogP contribution in [0.5, 0.6) is 5.75 Å². The van der Waals surface area contributed by atoms with Gasteiger partial charge in [-0.05, 0) is 66.3 Å². The van der Waals surface area contributed by atoms with Crippen molar-refractivity contribution in [1.82, 2.24) is 4.98 Å². The van der Waals surface area contributed by atoms with Crippen LogP contribution >= 0.6 is 0 Å². The summed E-state index contributed by atoms with van der Waals surface area (Å²) in [6, 6.07) is 35.9. The number of aromatic nitrogens is 1. The summed E-state index contributed by atoms with van der Waals surface area (Å²) in [5, 5.41) is 1.22. The molecule has 3 heteroatoms. The third-order valence-electron chi connectivity index (χ3n) is 6.29. The number of aromatic amines is 1. The van der Waals surface area contributed by atoms with E-state index in [1.54, 1.807) is 0 Å². The van der Waals surface area contributed by atoms with Crippen LogP contribution < -0.4 is 10.5 Å². The number of hydrogen-bond acceptors (Lipinski definition) is 2. The number of nitrogens with one attached hydrogen (secondary N) is 1. The predicted octanol–water partition coefficient (Wildman–Crippen LogP) is 7.36. The molecule has 0 spiro atoms. The average Bonchev–Trinajstić information content (AvgIpc) is 3.26. The van der Waals surface area contributed by atoms with E-state index in [1.807, 2.05) is 18.2 Å². The van der Waals surface area contributed by atoms with E-state index in [2.05, 4.69) is 89.9 Å². The lowest BCUT2D eigenvalue weighted by molar-refractivity contribution is 0.306. The number of H-pyrrole nitrogens is 1. The molecular formula is C31H30N2O. The van der Waals surface area contributed by atoms with Crippen molar-refractivity contribution in [3.63, 3.8) is 0 Å². The molecule has 0 atom stereocenters. The minimum absolute atomic E-state index is 0.559. The second kappa shape index (κ2) is 10.4. The van der Waals surface area contributed by atoms with E-state index in [-0.39, 0.29) is 0 Å². The molecule has 5 rings (SSSR count). The highest BCUT2D eigenvalue weighted by molar-refractivity contribution is 5.95. The maximum Gasteiger partial charge on any atom is 0.120 e. The molecule has 34 heavy (non-hydrogen) atoms. The minimum Gasteiger partial charge on any atom is -0.489 e. The Hall–Kier alpha value is -3.82. The van der Waals surface area contributed by atoms with Gasteiger partial charge in [-0.25, -0.2) is 0 Å². The standard InChI is InChI=1S/C31H30N2O/c32-20-10-9-17-28-29-21-25(34-22-23-11-3-1-4-12-23)18-19-30(29)33-31(28)27-16-8-7-15-26(27)24-13-5-2-6-14-24/h1-8,11-16,18-19,21,33H,9-10,17,20,22,32H2. The Morgan fingerprint density at radius 1 is 0.706 bits per heavy atom. The predicted molar refractivity (Wildman–Crippen MR) is 142 cm³/mol. The van der Waals surface area contributed by atoms with Gasteiger partial charge in [0.05, 0.1) is 5.69 Å². The highest BCUT2D eigenvalue weighted by Gasteiger charge is 2.17. The van der Waals surface area contributed by atoms with Gasteiger partial charge in [-0.3, -0.25) is 0 Å².